The maximum atomic E-state index is 9.05. The van der Waals surface area contributed by atoms with Crippen molar-refractivity contribution in [3.05, 3.63) is 16.1 Å². The Hall–Kier alpha value is -0.750. The van der Waals surface area contributed by atoms with Crippen molar-refractivity contribution in [3.8, 4) is 0 Å². The van der Waals surface area contributed by atoms with E-state index in [1.807, 2.05) is 13.8 Å². The topological polar surface area (TPSA) is 83.2 Å². The van der Waals surface area contributed by atoms with Gasteiger partial charge in [0.15, 0.2) is 5.82 Å². The average Bonchev–Trinajstić information content (AvgIpc) is 2.31. The van der Waals surface area contributed by atoms with Crippen LogP contribution in [-0.2, 0) is 0 Å². The highest BCUT2D eigenvalue weighted by molar-refractivity contribution is 6.37. The van der Waals surface area contributed by atoms with E-state index in [0.29, 0.717) is 21.7 Å². The molecule has 0 aliphatic heterocycles. The summed E-state index contributed by atoms with van der Waals surface area (Å²) in [5.41, 5.74) is 2.39. The minimum Gasteiger partial charge on any atom is -0.396 e. The second kappa shape index (κ2) is 6.26. The molecule has 7 heteroatoms. The number of aromatic nitrogens is 1. The van der Waals surface area contributed by atoms with Gasteiger partial charge in [0.1, 0.15) is 5.82 Å². The summed E-state index contributed by atoms with van der Waals surface area (Å²) in [5, 5.41) is 12.9. The zero-order valence-corrected chi connectivity index (χ0v) is 11.2. The van der Waals surface area contributed by atoms with Crippen molar-refractivity contribution >= 4 is 34.8 Å². The smallest absolute Gasteiger partial charge is 0.161 e. The molecule has 96 valence electrons. The van der Waals surface area contributed by atoms with Crippen molar-refractivity contribution in [1.82, 2.24) is 4.98 Å². The summed E-state index contributed by atoms with van der Waals surface area (Å²) in [5.74, 6) is 6.19. The molecule has 2 atom stereocenters. The van der Waals surface area contributed by atoms with Crippen LogP contribution in [0.25, 0.3) is 0 Å². The molecular formula is C10H16Cl2N4O. The van der Waals surface area contributed by atoms with E-state index in [1.54, 1.807) is 6.07 Å². The van der Waals surface area contributed by atoms with E-state index in [1.165, 1.54) is 0 Å². The van der Waals surface area contributed by atoms with Gasteiger partial charge in [-0.15, -0.1) is 0 Å². The van der Waals surface area contributed by atoms with Gasteiger partial charge in [-0.05, 0) is 18.9 Å². The van der Waals surface area contributed by atoms with Gasteiger partial charge in [0.25, 0.3) is 0 Å². The Morgan fingerprint density at radius 2 is 1.94 bits per heavy atom. The van der Waals surface area contributed by atoms with Gasteiger partial charge in [0.05, 0.1) is 10.0 Å². The fourth-order valence-corrected chi connectivity index (χ4v) is 1.65. The standard InChI is InChI=1S/C10H16Cl2N4O/c1-5(4-17)6(2)14-9-7(11)3-8(12)10(15-9)16-13/h3,5-6,17H,4,13H2,1-2H3,(H2,14,15,16). The molecule has 0 fully saturated rings. The Labute approximate surface area is 110 Å². The minimum absolute atomic E-state index is 0.0248. The molecule has 2 unspecified atom stereocenters. The van der Waals surface area contributed by atoms with Crippen molar-refractivity contribution in [1.29, 1.82) is 0 Å². The van der Waals surface area contributed by atoms with Gasteiger partial charge >= 0.3 is 0 Å². The van der Waals surface area contributed by atoms with E-state index >= 15 is 0 Å². The van der Waals surface area contributed by atoms with Gasteiger partial charge in [0.2, 0.25) is 0 Å². The summed E-state index contributed by atoms with van der Waals surface area (Å²) in [4.78, 5) is 4.15. The first-order chi connectivity index (χ1) is 7.99. The van der Waals surface area contributed by atoms with Gasteiger partial charge < -0.3 is 15.8 Å². The number of aliphatic hydroxyl groups excluding tert-OH is 1. The Morgan fingerprint density at radius 3 is 2.47 bits per heavy atom. The van der Waals surface area contributed by atoms with E-state index < -0.39 is 0 Å². The molecule has 5 N–H and O–H groups in total. The summed E-state index contributed by atoms with van der Waals surface area (Å²) >= 11 is 11.9. The van der Waals surface area contributed by atoms with Crippen LogP contribution in [0.4, 0.5) is 11.6 Å². The number of pyridine rings is 1. The first-order valence-electron chi connectivity index (χ1n) is 5.19. The molecule has 0 saturated heterocycles. The number of halogens is 2. The Bertz CT molecular complexity index is 389. The lowest BCUT2D eigenvalue weighted by molar-refractivity contribution is 0.226. The SMILES string of the molecule is CC(CO)C(C)Nc1nc(NN)c(Cl)cc1Cl. The quantitative estimate of drug-likeness (QED) is 0.490. The Morgan fingerprint density at radius 1 is 1.35 bits per heavy atom. The van der Waals surface area contributed by atoms with Crippen LogP contribution >= 0.6 is 23.2 Å². The molecule has 0 aromatic carbocycles. The fraction of sp³-hybridized carbons (Fsp3) is 0.500. The zero-order chi connectivity index (χ0) is 13.0. The molecule has 0 amide bonds. The first-order valence-corrected chi connectivity index (χ1v) is 5.95. The molecule has 0 bridgehead atoms. The van der Waals surface area contributed by atoms with E-state index in [0.717, 1.165) is 0 Å². The van der Waals surface area contributed by atoms with Crippen LogP contribution in [0, 0.1) is 5.92 Å². The van der Waals surface area contributed by atoms with Gasteiger partial charge in [-0.2, -0.15) is 0 Å². The monoisotopic (exact) mass is 278 g/mol. The highest BCUT2D eigenvalue weighted by atomic mass is 35.5. The predicted molar refractivity (Wildman–Crippen MR) is 71.4 cm³/mol. The first kappa shape index (κ1) is 14.3. The summed E-state index contributed by atoms with van der Waals surface area (Å²) in [6.45, 7) is 3.94. The number of anilines is 2. The van der Waals surface area contributed by atoms with Crippen LogP contribution in [0.5, 0.6) is 0 Å². The van der Waals surface area contributed by atoms with Crippen molar-refractivity contribution in [2.45, 2.75) is 19.9 Å². The maximum Gasteiger partial charge on any atom is 0.161 e. The molecule has 1 aromatic rings. The normalized spacial score (nSPS) is 14.2. The molecule has 0 aliphatic carbocycles. The summed E-state index contributed by atoms with van der Waals surface area (Å²) in [6.07, 6.45) is 0. The van der Waals surface area contributed by atoms with Crippen LogP contribution in [0.1, 0.15) is 13.8 Å². The third-order valence-corrected chi connectivity index (χ3v) is 3.15. The Kier molecular flexibility index (Phi) is 5.27. The molecule has 0 radical (unpaired) electrons. The number of hydrogen-bond donors (Lipinski definition) is 4. The van der Waals surface area contributed by atoms with E-state index in [2.05, 4.69) is 15.7 Å². The zero-order valence-electron chi connectivity index (χ0n) is 9.67. The van der Waals surface area contributed by atoms with E-state index in [4.69, 9.17) is 34.2 Å². The number of nitrogen functional groups attached to an aromatic ring is 1. The molecule has 0 saturated carbocycles. The van der Waals surface area contributed by atoms with Gasteiger partial charge in [-0.25, -0.2) is 10.8 Å². The second-order valence-corrected chi connectivity index (χ2v) is 4.70. The van der Waals surface area contributed by atoms with Crippen molar-refractivity contribution in [2.24, 2.45) is 11.8 Å². The molecule has 5 nitrogen and oxygen atoms in total. The van der Waals surface area contributed by atoms with Crippen LogP contribution < -0.4 is 16.6 Å². The lowest BCUT2D eigenvalue weighted by Crippen LogP contribution is -2.27. The van der Waals surface area contributed by atoms with Crippen LogP contribution in [-0.4, -0.2) is 22.7 Å². The number of nitrogens with one attached hydrogen (secondary N) is 2. The van der Waals surface area contributed by atoms with E-state index in [9.17, 15) is 0 Å². The highest BCUT2D eigenvalue weighted by Gasteiger charge is 2.15. The largest absolute Gasteiger partial charge is 0.396 e. The average molecular weight is 279 g/mol. The van der Waals surface area contributed by atoms with Gasteiger partial charge in [-0.3, -0.25) is 0 Å². The number of nitrogens with zero attached hydrogens (tertiary/aromatic N) is 1. The Balaban J connectivity index is 2.91. The van der Waals surface area contributed by atoms with E-state index in [-0.39, 0.29) is 18.6 Å². The maximum absolute atomic E-state index is 9.05. The summed E-state index contributed by atoms with van der Waals surface area (Å²) in [7, 11) is 0. The number of nitrogens with two attached hydrogens (primary N) is 1. The summed E-state index contributed by atoms with van der Waals surface area (Å²) in [6, 6.07) is 1.58. The molecular weight excluding hydrogens is 263 g/mol. The lowest BCUT2D eigenvalue weighted by Gasteiger charge is -2.21. The number of aliphatic hydroxyl groups is 1. The second-order valence-electron chi connectivity index (χ2n) is 3.89. The number of rotatable bonds is 5. The molecule has 1 heterocycles. The minimum atomic E-state index is 0.0248. The fourth-order valence-electron chi connectivity index (χ4n) is 1.19. The third kappa shape index (κ3) is 3.61. The van der Waals surface area contributed by atoms with Crippen LogP contribution in [0.3, 0.4) is 0 Å². The molecule has 0 spiro atoms. The van der Waals surface area contributed by atoms with Gasteiger partial charge in [-0.1, -0.05) is 30.1 Å². The lowest BCUT2D eigenvalue weighted by atomic mass is 10.1. The molecule has 1 aromatic heterocycles. The predicted octanol–water partition coefficient (Wildman–Crippen LogP) is 2.10. The van der Waals surface area contributed by atoms with Gasteiger partial charge in [0, 0.05) is 12.6 Å². The van der Waals surface area contributed by atoms with Crippen LogP contribution in [0.2, 0.25) is 10.0 Å². The number of hydrogen-bond acceptors (Lipinski definition) is 5. The molecule has 0 aliphatic rings. The molecule has 17 heavy (non-hydrogen) atoms. The van der Waals surface area contributed by atoms with Crippen molar-refractivity contribution in [3.63, 3.8) is 0 Å². The molecule has 1 rings (SSSR count). The highest BCUT2D eigenvalue weighted by Crippen LogP contribution is 2.29. The van der Waals surface area contributed by atoms with Crippen molar-refractivity contribution in [2.75, 3.05) is 17.3 Å². The van der Waals surface area contributed by atoms with Crippen molar-refractivity contribution < 1.29 is 5.11 Å². The third-order valence-electron chi connectivity index (χ3n) is 2.57. The summed E-state index contributed by atoms with van der Waals surface area (Å²) < 4.78 is 0. The van der Waals surface area contributed by atoms with Crippen LogP contribution in [0.15, 0.2) is 6.07 Å². The number of hydrazine groups is 1.